The van der Waals surface area contributed by atoms with Crippen LogP contribution in [0.5, 0.6) is 0 Å². The summed E-state index contributed by atoms with van der Waals surface area (Å²) < 4.78 is 5.09. The van der Waals surface area contributed by atoms with Crippen LogP contribution in [0, 0.1) is 12.3 Å². The van der Waals surface area contributed by atoms with Gasteiger partial charge in [0.25, 0.3) is 0 Å². The summed E-state index contributed by atoms with van der Waals surface area (Å²) in [5.74, 6) is -0.231. The van der Waals surface area contributed by atoms with Crippen LogP contribution in [0.2, 0.25) is 0 Å². The number of carbonyl (C=O) groups is 1. The molecule has 0 aliphatic heterocycles. The van der Waals surface area contributed by atoms with Crippen molar-refractivity contribution in [2.45, 2.75) is 44.9 Å². The van der Waals surface area contributed by atoms with Gasteiger partial charge in [-0.1, -0.05) is 6.07 Å². The van der Waals surface area contributed by atoms with Gasteiger partial charge in [0, 0.05) is 6.61 Å². The summed E-state index contributed by atoms with van der Waals surface area (Å²) in [6, 6.07) is 5.90. The Hall–Kier alpha value is -1.35. The van der Waals surface area contributed by atoms with Crippen LogP contribution in [-0.4, -0.2) is 24.3 Å². The van der Waals surface area contributed by atoms with Crippen LogP contribution in [0.3, 0.4) is 0 Å². The first-order chi connectivity index (χ1) is 9.54. The number of aryl methyl sites for hydroxylation is 1. The molecule has 0 spiro atoms. The highest BCUT2D eigenvalue weighted by atomic mass is 16.5. The van der Waals surface area contributed by atoms with Gasteiger partial charge in [0.2, 0.25) is 0 Å². The first kappa shape index (κ1) is 13.6. The molecule has 3 aliphatic rings. The molecule has 0 aromatic heterocycles. The zero-order valence-corrected chi connectivity index (χ0v) is 12.2. The fraction of sp³-hybridized carbons (Fsp3) is 0.588. The summed E-state index contributed by atoms with van der Waals surface area (Å²) in [5.41, 5.74) is 3.88. The Bertz CT molecular complexity index is 527. The SMILES string of the molecule is CCOC(=O)c1ccc(C)c(C23CC(CCO)(C2)C3)c1. The molecule has 3 nitrogen and oxygen atoms in total. The fourth-order valence-corrected chi connectivity index (χ4v) is 4.32. The predicted molar refractivity (Wildman–Crippen MR) is 76.8 cm³/mol. The minimum Gasteiger partial charge on any atom is -0.462 e. The second-order valence-corrected chi connectivity index (χ2v) is 6.53. The Morgan fingerprint density at radius 2 is 2.05 bits per heavy atom. The van der Waals surface area contributed by atoms with Crippen molar-refractivity contribution >= 4 is 5.97 Å². The minimum atomic E-state index is -0.231. The van der Waals surface area contributed by atoms with Crippen molar-refractivity contribution in [1.82, 2.24) is 0 Å². The van der Waals surface area contributed by atoms with Gasteiger partial charge >= 0.3 is 5.97 Å². The summed E-state index contributed by atoms with van der Waals surface area (Å²) >= 11 is 0. The maximum Gasteiger partial charge on any atom is 0.338 e. The van der Waals surface area contributed by atoms with E-state index in [4.69, 9.17) is 9.84 Å². The number of esters is 1. The molecule has 0 radical (unpaired) electrons. The van der Waals surface area contributed by atoms with E-state index in [2.05, 4.69) is 6.92 Å². The highest BCUT2D eigenvalue weighted by Gasteiger charge is 2.67. The van der Waals surface area contributed by atoms with Crippen molar-refractivity contribution in [2.24, 2.45) is 5.41 Å². The highest BCUT2D eigenvalue weighted by molar-refractivity contribution is 5.89. The molecule has 2 bridgehead atoms. The Morgan fingerprint density at radius 1 is 1.35 bits per heavy atom. The average Bonchev–Trinajstić information content (AvgIpc) is 2.33. The lowest BCUT2D eigenvalue weighted by Crippen LogP contribution is -2.64. The van der Waals surface area contributed by atoms with Gasteiger partial charge in [-0.25, -0.2) is 4.79 Å². The lowest BCUT2D eigenvalue weighted by Gasteiger charge is -2.72. The molecule has 108 valence electrons. The van der Waals surface area contributed by atoms with Gasteiger partial charge in [0.1, 0.15) is 0 Å². The third-order valence-corrected chi connectivity index (χ3v) is 5.10. The Morgan fingerprint density at radius 3 is 2.65 bits per heavy atom. The van der Waals surface area contributed by atoms with Crippen LogP contribution >= 0.6 is 0 Å². The van der Waals surface area contributed by atoms with Crippen LogP contribution in [0.15, 0.2) is 18.2 Å². The molecule has 3 saturated carbocycles. The van der Waals surface area contributed by atoms with Crippen molar-refractivity contribution in [3.8, 4) is 0 Å². The molecule has 3 heteroatoms. The van der Waals surface area contributed by atoms with Crippen LogP contribution < -0.4 is 0 Å². The van der Waals surface area contributed by atoms with Crippen LogP contribution in [-0.2, 0) is 10.2 Å². The fourth-order valence-electron chi connectivity index (χ4n) is 4.32. The molecule has 0 saturated heterocycles. The van der Waals surface area contributed by atoms with Crippen molar-refractivity contribution < 1.29 is 14.6 Å². The molecule has 1 N–H and O–H groups in total. The molecule has 0 heterocycles. The number of rotatable bonds is 5. The average molecular weight is 274 g/mol. The monoisotopic (exact) mass is 274 g/mol. The summed E-state index contributed by atoms with van der Waals surface area (Å²) in [7, 11) is 0. The zero-order chi connectivity index (χ0) is 14.4. The third kappa shape index (κ3) is 1.87. The number of ether oxygens (including phenoxy) is 1. The van der Waals surface area contributed by atoms with E-state index in [1.807, 2.05) is 25.1 Å². The Kier molecular flexibility index (Phi) is 3.13. The number of hydrogen-bond donors (Lipinski definition) is 1. The second-order valence-electron chi connectivity index (χ2n) is 6.53. The maximum absolute atomic E-state index is 11.9. The molecule has 1 aromatic carbocycles. The van der Waals surface area contributed by atoms with E-state index in [-0.39, 0.29) is 18.0 Å². The first-order valence-electron chi connectivity index (χ1n) is 7.43. The smallest absolute Gasteiger partial charge is 0.338 e. The highest BCUT2D eigenvalue weighted by Crippen LogP contribution is 2.75. The molecule has 0 amide bonds. The molecule has 0 atom stereocenters. The van der Waals surface area contributed by atoms with Crippen molar-refractivity contribution in [3.63, 3.8) is 0 Å². The number of aliphatic hydroxyl groups excluding tert-OH is 1. The van der Waals surface area contributed by atoms with Gasteiger partial charge in [-0.2, -0.15) is 0 Å². The van der Waals surface area contributed by atoms with E-state index in [1.165, 1.54) is 11.1 Å². The number of benzene rings is 1. The number of aliphatic hydroxyl groups is 1. The number of hydrogen-bond acceptors (Lipinski definition) is 3. The summed E-state index contributed by atoms with van der Waals surface area (Å²) in [6.45, 7) is 4.64. The van der Waals surface area contributed by atoms with Crippen LogP contribution in [0.1, 0.15) is 54.1 Å². The predicted octanol–water partition coefficient (Wildman–Crippen LogP) is 2.98. The van der Waals surface area contributed by atoms with Gasteiger partial charge in [-0.3, -0.25) is 0 Å². The lowest BCUT2D eigenvalue weighted by molar-refractivity contribution is -0.152. The molecule has 1 aromatic rings. The topological polar surface area (TPSA) is 46.5 Å². The standard InChI is InChI=1S/C17H22O3/c1-3-20-15(19)13-5-4-12(2)14(8-13)17-9-16(10-17,11-17)6-7-18/h4-5,8,18H,3,6-7,9-11H2,1-2H3. The zero-order valence-electron chi connectivity index (χ0n) is 12.2. The minimum absolute atomic E-state index is 0.231. The van der Waals surface area contributed by atoms with E-state index in [9.17, 15) is 4.79 Å². The quantitative estimate of drug-likeness (QED) is 0.840. The van der Waals surface area contributed by atoms with Gasteiger partial charge in [-0.05, 0) is 73.6 Å². The van der Waals surface area contributed by atoms with Gasteiger partial charge in [-0.15, -0.1) is 0 Å². The van der Waals surface area contributed by atoms with Gasteiger partial charge in [0.05, 0.1) is 12.2 Å². The maximum atomic E-state index is 11.9. The third-order valence-electron chi connectivity index (χ3n) is 5.10. The second kappa shape index (κ2) is 4.59. The molecule has 3 aliphatic carbocycles. The van der Waals surface area contributed by atoms with Crippen LogP contribution in [0.25, 0.3) is 0 Å². The van der Waals surface area contributed by atoms with Crippen LogP contribution in [0.4, 0.5) is 0 Å². The van der Waals surface area contributed by atoms with E-state index in [0.717, 1.165) is 25.7 Å². The summed E-state index contributed by atoms with van der Waals surface area (Å²) in [6.07, 6.45) is 4.40. The van der Waals surface area contributed by atoms with E-state index >= 15 is 0 Å². The Balaban J connectivity index is 1.82. The van der Waals surface area contributed by atoms with Gasteiger partial charge in [0.15, 0.2) is 0 Å². The molecular weight excluding hydrogens is 252 g/mol. The van der Waals surface area contributed by atoms with Crippen molar-refractivity contribution in [3.05, 3.63) is 34.9 Å². The summed E-state index contributed by atoms with van der Waals surface area (Å²) in [5, 5.41) is 9.12. The summed E-state index contributed by atoms with van der Waals surface area (Å²) in [4.78, 5) is 11.9. The normalized spacial score (nSPS) is 30.4. The van der Waals surface area contributed by atoms with Crippen molar-refractivity contribution in [2.75, 3.05) is 13.2 Å². The number of carbonyl (C=O) groups excluding carboxylic acids is 1. The van der Waals surface area contributed by atoms with Crippen molar-refractivity contribution in [1.29, 1.82) is 0 Å². The van der Waals surface area contributed by atoms with E-state index in [0.29, 0.717) is 17.6 Å². The molecule has 4 rings (SSSR count). The molecular formula is C17H22O3. The van der Waals surface area contributed by atoms with Gasteiger partial charge < -0.3 is 9.84 Å². The van der Waals surface area contributed by atoms with E-state index in [1.54, 1.807) is 0 Å². The molecule has 20 heavy (non-hydrogen) atoms. The first-order valence-corrected chi connectivity index (χ1v) is 7.43. The lowest BCUT2D eigenvalue weighted by atomic mass is 9.32. The Labute approximate surface area is 120 Å². The largest absolute Gasteiger partial charge is 0.462 e. The van der Waals surface area contributed by atoms with E-state index < -0.39 is 0 Å². The molecule has 3 fully saturated rings. The molecule has 0 unspecified atom stereocenters.